The molecule has 0 unspecified atom stereocenters. The number of halogens is 1. The fourth-order valence-electron chi connectivity index (χ4n) is 4.80. The number of allylic oxidation sites excluding steroid dienone is 1. The highest BCUT2D eigenvalue weighted by Gasteiger charge is 2.32. The zero-order chi connectivity index (χ0) is 35.5. The molecule has 260 valence electrons. The minimum atomic E-state index is -1.21. The molecule has 2 amide bonds. The van der Waals surface area contributed by atoms with Gasteiger partial charge in [0.15, 0.2) is 29.2 Å². The Bertz CT molecular complexity index is 1750. The first kappa shape index (κ1) is 36.5. The molecule has 2 atom stereocenters. The number of hydrogen-bond donors (Lipinski definition) is 4. The van der Waals surface area contributed by atoms with Crippen LogP contribution >= 0.6 is 15.9 Å². The molecule has 1 heterocycles. The summed E-state index contributed by atoms with van der Waals surface area (Å²) in [6.07, 6.45) is 0.265. The summed E-state index contributed by atoms with van der Waals surface area (Å²) in [4.78, 5) is 35.3. The highest BCUT2D eigenvalue weighted by molar-refractivity contribution is 9.10. The van der Waals surface area contributed by atoms with E-state index in [2.05, 4.69) is 37.1 Å². The number of non-ortho nitro benzene ring substituents is 1. The van der Waals surface area contributed by atoms with E-state index in [1.165, 1.54) is 25.5 Å². The fraction of sp³-hybridized carbons (Fsp3) is 0.303. The number of aliphatic hydroxyl groups excluding tert-OH is 1. The van der Waals surface area contributed by atoms with Crippen molar-refractivity contribution in [3.05, 3.63) is 97.1 Å². The number of nitro groups is 1. The third-order valence-corrected chi connectivity index (χ3v) is 7.53. The third kappa shape index (κ3) is 9.61. The van der Waals surface area contributed by atoms with E-state index in [0.717, 1.165) is 0 Å². The summed E-state index contributed by atoms with van der Waals surface area (Å²) in [5.74, 6) is 0.909. The van der Waals surface area contributed by atoms with Crippen LogP contribution in [0.25, 0.3) is 0 Å². The Kier molecular flexibility index (Phi) is 12.8. The molecule has 1 aliphatic rings. The van der Waals surface area contributed by atoms with E-state index >= 15 is 0 Å². The first-order valence-corrected chi connectivity index (χ1v) is 15.9. The van der Waals surface area contributed by atoms with Gasteiger partial charge in [-0.15, -0.1) is 0 Å². The van der Waals surface area contributed by atoms with E-state index in [1.54, 1.807) is 56.3 Å². The molecule has 0 saturated carbocycles. The maximum Gasteiger partial charge on any atom is 0.337 e. The van der Waals surface area contributed by atoms with Crippen molar-refractivity contribution in [2.45, 2.75) is 39.6 Å². The average molecular weight is 743 g/mol. The molecule has 0 spiro atoms. The highest BCUT2D eigenvalue weighted by Crippen LogP contribution is 2.38. The molecule has 0 fully saturated rings. The van der Waals surface area contributed by atoms with Crippen LogP contribution in [0.15, 0.2) is 75.4 Å². The monoisotopic (exact) mass is 741 g/mol. The molecular weight excluding hydrogens is 706 g/mol. The molecule has 0 aromatic heterocycles. The lowest BCUT2D eigenvalue weighted by Crippen LogP contribution is -2.45. The standard InChI is InChI=1S/C33H36BrN5O10/c1-5-46-26-15-22(30-29(32(41)45-4)19(3)36-33(42)37-30)10-11-25(26)48-18-28(40)38-35-16-21-13-24(34)31(27(14-21)47-6-2)49-17-20-8-7-9-23(12-20)39(43)44/h7-16,28,30,38,40H,5-6,17-18H2,1-4H3,(H2,36,37,42)/b35-16-/t28-,30+/m1/s1. The molecule has 0 aliphatic carbocycles. The summed E-state index contributed by atoms with van der Waals surface area (Å²) in [7, 11) is 1.26. The molecule has 4 rings (SSSR count). The molecule has 3 aromatic carbocycles. The number of rotatable bonds is 16. The number of hydrogen-bond acceptors (Lipinski definition) is 12. The maximum absolute atomic E-state index is 12.5. The first-order chi connectivity index (χ1) is 23.5. The molecule has 0 bridgehead atoms. The number of esters is 1. The normalized spacial score (nSPS) is 14.8. The number of urea groups is 1. The van der Waals surface area contributed by atoms with Gasteiger partial charge < -0.3 is 39.4 Å². The van der Waals surface area contributed by atoms with Crippen molar-refractivity contribution in [2.24, 2.45) is 5.10 Å². The van der Waals surface area contributed by atoms with Crippen LogP contribution in [0.3, 0.4) is 0 Å². The zero-order valence-corrected chi connectivity index (χ0v) is 28.7. The van der Waals surface area contributed by atoms with Gasteiger partial charge in [-0.05, 0) is 77.7 Å². The summed E-state index contributed by atoms with van der Waals surface area (Å²) < 4.78 is 28.7. The van der Waals surface area contributed by atoms with Crippen molar-refractivity contribution in [3.8, 4) is 23.0 Å². The Hall–Kier alpha value is -5.35. The van der Waals surface area contributed by atoms with E-state index in [0.29, 0.717) is 63.1 Å². The van der Waals surface area contributed by atoms with Crippen molar-refractivity contribution >= 4 is 39.8 Å². The number of amides is 2. The Balaban J connectivity index is 1.40. The molecule has 4 N–H and O–H groups in total. The summed E-state index contributed by atoms with van der Waals surface area (Å²) >= 11 is 3.49. The Morgan fingerprint density at radius 3 is 2.55 bits per heavy atom. The fourth-order valence-corrected chi connectivity index (χ4v) is 5.37. The van der Waals surface area contributed by atoms with Crippen LogP contribution in [0.2, 0.25) is 0 Å². The van der Waals surface area contributed by atoms with Crippen molar-refractivity contribution in [1.82, 2.24) is 16.1 Å². The van der Waals surface area contributed by atoms with Crippen molar-refractivity contribution in [1.29, 1.82) is 0 Å². The van der Waals surface area contributed by atoms with Crippen molar-refractivity contribution in [2.75, 3.05) is 26.9 Å². The van der Waals surface area contributed by atoms with Gasteiger partial charge in [-0.2, -0.15) is 5.10 Å². The minimum absolute atomic E-state index is 0.0309. The van der Waals surface area contributed by atoms with E-state index < -0.39 is 29.2 Å². The molecule has 3 aromatic rings. The van der Waals surface area contributed by atoms with Crippen LogP contribution in [0.4, 0.5) is 10.5 Å². The number of methoxy groups -OCH3 is 1. The average Bonchev–Trinajstić information content (AvgIpc) is 3.07. The number of ether oxygens (including phenoxy) is 5. The van der Waals surface area contributed by atoms with E-state index in [9.17, 15) is 24.8 Å². The van der Waals surface area contributed by atoms with Crippen LogP contribution in [0.5, 0.6) is 23.0 Å². The van der Waals surface area contributed by atoms with Gasteiger partial charge in [0.1, 0.15) is 13.2 Å². The number of carbonyl (C=O) groups excluding carboxylic acids is 2. The SMILES string of the molecule is CCOc1cc([C@@H]2NC(=O)NC(C)=C2C(=O)OC)ccc1OC[C@@H](O)N/N=C\c1cc(Br)c(OCc2cccc([N+](=O)[O-])c2)c(OCC)c1. The number of nitro benzene ring substituents is 1. The van der Waals surface area contributed by atoms with E-state index in [4.69, 9.17) is 23.7 Å². The van der Waals surface area contributed by atoms with E-state index in [-0.39, 0.29) is 24.5 Å². The van der Waals surface area contributed by atoms with Crippen LogP contribution in [0, 0.1) is 10.1 Å². The molecule has 0 saturated heterocycles. The van der Waals surface area contributed by atoms with Gasteiger partial charge in [-0.3, -0.25) is 15.5 Å². The van der Waals surface area contributed by atoms with E-state index in [1.807, 2.05) is 6.92 Å². The quantitative estimate of drug-likeness (QED) is 0.0516. The van der Waals surface area contributed by atoms with Gasteiger partial charge in [-0.1, -0.05) is 18.2 Å². The third-order valence-electron chi connectivity index (χ3n) is 6.95. The predicted octanol–water partition coefficient (Wildman–Crippen LogP) is 4.86. The van der Waals surface area contributed by atoms with Gasteiger partial charge in [0.2, 0.25) is 0 Å². The molecule has 16 heteroatoms. The van der Waals surface area contributed by atoms with Crippen LogP contribution in [0.1, 0.15) is 43.5 Å². The highest BCUT2D eigenvalue weighted by atomic mass is 79.9. The van der Waals surface area contributed by atoms with Crippen molar-refractivity contribution in [3.63, 3.8) is 0 Å². The minimum Gasteiger partial charge on any atom is -0.490 e. The maximum atomic E-state index is 12.5. The Morgan fingerprint density at radius 2 is 1.84 bits per heavy atom. The summed E-state index contributed by atoms with van der Waals surface area (Å²) in [6, 6.07) is 13.3. The first-order valence-electron chi connectivity index (χ1n) is 15.1. The molecule has 15 nitrogen and oxygen atoms in total. The molecule has 49 heavy (non-hydrogen) atoms. The molecular formula is C33H36BrN5O10. The smallest absolute Gasteiger partial charge is 0.337 e. The van der Waals surface area contributed by atoms with Crippen molar-refractivity contribution < 1.29 is 43.3 Å². The lowest BCUT2D eigenvalue weighted by molar-refractivity contribution is -0.384. The van der Waals surface area contributed by atoms with Gasteiger partial charge in [0.05, 0.1) is 47.5 Å². The second-order valence-electron chi connectivity index (χ2n) is 10.4. The predicted molar refractivity (Wildman–Crippen MR) is 182 cm³/mol. The number of carbonyl (C=O) groups is 2. The number of aliphatic hydroxyl groups is 1. The van der Waals surface area contributed by atoms with Gasteiger partial charge in [0.25, 0.3) is 5.69 Å². The number of nitrogens with zero attached hydrogens (tertiary/aromatic N) is 2. The second-order valence-corrected chi connectivity index (χ2v) is 11.2. The van der Waals surface area contributed by atoms with Gasteiger partial charge >= 0.3 is 12.0 Å². The number of hydrazone groups is 1. The summed E-state index contributed by atoms with van der Waals surface area (Å²) in [5, 5.41) is 31.0. The summed E-state index contributed by atoms with van der Waals surface area (Å²) in [5.41, 5.74) is 4.99. The van der Waals surface area contributed by atoms with Crippen LogP contribution in [-0.4, -0.2) is 61.4 Å². The molecule has 0 radical (unpaired) electrons. The van der Waals surface area contributed by atoms with Gasteiger partial charge in [0, 0.05) is 17.8 Å². The second kappa shape index (κ2) is 17.2. The topological polar surface area (TPSA) is 192 Å². The summed E-state index contributed by atoms with van der Waals surface area (Å²) in [6.45, 7) is 5.77. The largest absolute Gasteiger partial charge is 0.490 e. The van der Waals surface area contributed by atoms with Crippen LogP contribution < -0.4 is 35.0 Å². The lowest BCUT2D eigenvalue weighted by atomic mass is 9.95. The van der Waals surface area contributed by atoms with Crippen LogP contribution in [-0.2, 0) is 16.1 Å². The Morgan fingerprint density at radius 1 is 1.08 bits per heavy atom. The Labute approximate surface area is 290 Å². The number of nitrogens with one attached hydrogen (secondary N) is 3. The zero-order valence-electron chi connectivity index (χ0n) is 27.2. The van der Waals surface area contributed by atoms with Gasteiger partial charge in [-0.25, -0.2) is 9.59 Å². The molecule has 1 aliphatic heterocycles. The number of benzene rings is 3. The lowest BCUT2D eigenvalue weighted by Gasteiger charge is -2.28.